The quantitative estimate of drug-likeness (QED) is 0.848. The lowest BCUT2D eigenvalue weighted by Crippen LogP contribution is -2.21. The molecule has 70 valence electrons. The van der Waals surface area contributed by atoms with Gasteiger partial charge in [-0.05, 0) is 40.5 Å². The van der Waals surface area contributed by atoms with Gasteiger partial charge in [0.1, 0.15) is 0 Å². The number of aryl methyl sites for hydroxylation is 1. The molecule has 1 aromatic rings. The molecule has 0 spiro atoms. The van der Waals surface area contributed by atoms with Crippen molar-refractivity contribution in [2.75, 3.05) is 11.9 Å². The van der Waals surface area contributed by atoms with Gasteiger partial charge in [-0.3, -0.25) is 4.79 Å². The number of halogens is 1. The van der Waals surface area contributed by atoms with Crippen LogP contribution in [0.25, 0.3) is 0 Å². The first-order valence-corrected chi connectivity index (χ1v) is 4.67. The minimum atomic E-state index is -0.368. The maximum atomic E-state index is 10.5. The van der Waals surface area contributed by atoms with Gasteiger partial charge in [-0.1, -0.05) is 6.07 Å². The standard InChI is InChI=1S/C9H11BrN2O/c1-6-2-3-8(7(10)4-6)12-5-9(11)13/h2-4,12H,5H2,1H3,(H2,11,13). The number of amides is 1. The lowest BCUT2D eigenvalue weighted by atomic mass is 10.2. The van der Waals surface area contributed by atoms with E-state index in [1.165, 1.54) is 0 Å². The number of nitrogens with two attached hydrogens (primary N) is 1. The van der Waals surface area contributed by atoms with Crippen molar-refractivity contribution in [3.05, 3.63) is 28.2 Å². The van der Waals surface area contributed by atoms with Crippen LogP contribution < -0.4 is 11.1 Å². The Morgan fingerprint density at radius 1 is 1.62 bits per heavy atom. The fraction of sp³-hybridized carbons (Fsp3) is 0.222. The Hall–Kier alpha value is -1.03. The molecule has 4 heteroatoms. The van der Waals surface area contributed by atoms with E-state index in [1.807, 2.05) is 25.1 Å². The fourth-order valence-electron chi connectivity index (χ4n) is 0.946. The number of nitrogens with one attached hydrogen (secondary N) is 1. The lowest BCUT2D eigenvalue weighted by Gasteiger charge is -2.06. The largest absolute Gasteiger partial charge is 0.375 e. The first-order valence-electron chi connectivity index (χ1n) is 3.88. The second kappa shape index (κ2) is 4.28. The van der Waals surface area contributed by atoms with Crippen LogP contribution in [0.4, 0.5) is 5.69 Å². The summed E-state index contributed by atoms with van der Waals surface area (Å²) in [7, 11) is 0. The molecule has 3 nitrogen and oxygen atoms in total. The van der Waals surface area contributed by atoms with Gasteiger partial charge in [0.25, 0.3) is 0 Å². The number of hydrogen-bond acceptors (Lipinski definition) is 2. The third-order valence-electron chi connectivity index (χ3n) is 1.58. The third kappa shape index (κ3) is 3.06. The van der Waals surface area contributed by atoms with Crippen LogP contribution in [0.15, 0.2) is 22.7 Å². The normalized spacial score (nSPS) is 9.69. The van der Waals surface area contributed by atoms with Gasteiger partial charge in [-0.25, -0.2) is 0 Å². The minimum Gasteiger partial charge on any atom is -0.375 e. The van der Waals surface area contributed by atoms with Crippen LogP contribution in [0, 0.1) is 6.92 Å². The predicted octanol–water partition coefficient (Wildman–Crippen LogP) is 1.65. The molecule has 0 aromatic heterocycles. The van der Waals surface area contributed by atoms with Gasteiger partial charge in [0, 0.05) is 10.2 Å². The lowest BCUT2D eigenvalue weighted by molar-refractivity contribution is -0.116. The van der Waals surface area contributed by atoms with Crippen LogP contribution in [0.2, 0.25) is 0 Å². The number of rotatable bonds is 3. The Morgan fingerprint density at radius 3 is 2.85 bits per heavy atom. The summed E-state index contributed by atoms with van der Waals surface area (Å²) in [6.07, 6.45) is 0. The summed E-state index contributed by atoms with van der Waals surface area (Å²) < 4.78 is 0.939. The molecule has 0 aliphatic heterocycles. The Morgan fingerprint density at radius 2 is 2.31 bits per heavy atom. The molecule has 1 amide bonds. The fourth-order valence-corrected chi connectivity index (χ4v) is 1.58. The van der Waals surface area contributed by atoms with Gasteiger partial charge in [-0.2, -0.15) is 0 Å². The SMILES string of the molecule is Cc1ccc(NCC(N)=O)c(Br)c1. The van der Waals surface area contributed by atoms with Crippen molar-refractivity contribution in [3.8, 4) is 0 Å². The maximum absolute atomic E-state index is 10.5. The summed E-state index contributed by atoms with van der Waals surface area (Å²) in [5.41, 5.74) is 7.05. The van der Waals surface area contributed by atoms with E-state index in [-0.39, 0.29) is 12.5 Å². The zero-order chi connectivity index (χ0) is 9.84. The molecule has 0 fully saturated rings. The van der Waals surface area contributed by atoms with E-state index in [4.69, 9.17) is 5.73 Å². The summed E-state index contributed by atoms with van der Waals surface area (Å²) in [6, 6.07) is 5.85. The number of anilines is 1. The van der Waals surface area contributed by atoms with E-state index < -0.39 is 0 Å². The van der Waals surface area contributed by atoms with Crippen LogP contribution >= 0.6 is 15.9 Å². The monoisotopic (exact) mass is 242 g/mol. The third-order valence-corrected chi connectivity index (χ3v) is 2.23. The molecule has 0 saturated carbocycles. The number of carbonyl (C=O) groups excluding carboxylic acids is 1. The molecule has 1 aromatic carbocycles. The van der Waals surface area contributed by atoms with E-state index in [0.29, 0.717) is 0 Å². The number of benzene rings is 1. The van der Waals surface area contributed by atoms with E-state index in [1.54, 1.807) is 0 Å². The highest BCUT2D eigenvalue weighted by atomic mass is 79.9. The molecule has 0 bridgehead atoms. The van der Waals surface area contributed by atoms with Crippen LogP contribution in [0.1, 0.15) is 5.56 Å². The summed E-state index contributed by atoms with van der Waals surface area (Å²) in [6.45, 7) is 2.16. The number of carbonyl (C=O) groups is 1. The molecular weight excluding hydrogens is 232 g/mol. The van der Waals surface area contributed by atoms with Crippen LogP contribution in [0.5, 0.6) is 0 Å². The van der Waals surface area contributed by atoms with Crippen LogP contribution in [-0.2, 0) is 4.79 Å². The summed E-state index contributed by atoms with van der Waals surface area (Å²) >= 11 is 3.38. The zero-order valence-corrected chi connectivity index (χ0v) is 8.89. The van der Waals surface area contributed by atoms with Crippen molar-refractivity contribution in [2.45, 2.75) is 6.92 Å². The van der Waals surface area contributed by atoms with Gasteiger partial charge in [0.05, 0.1) is 6.54 Å². The first kappa shape index (κ1) is 10.1. The Kier molecular flexibility index (Phi) is 3.31. The van der Waals surface area contributed by atoms with Crippen LogP contribution in [0.3, 0.4) is 0 Å². The molecular formula is C9H11BrN2O. The molecule has 0 heterocycles. The van der Waals surface area contributed by atoms with Crippen LogP contribution in [-0.4, -0.2) is 12.5 Å². The number of hydrogen-bond donors (Lipinski definition) is 2. The number of primary amides is 1. The molecule has 0 atom stereocenters. The molecule has 1 rings (SSSR count). The van der Waals surface area contributed by atoms with Gasteiger partial charge in [-0.15, -0.1) is 0 Å². The second-order valence-corrected chi connectivity index (χ2v) is 3.66. The molecule has 0 radical (unpaired) electrons. The molecule has 0 aliphatic carbocycles. The van der Waals surface area contributed by atoms with Crippen molar-refractivity contribution >= 4 is 27.5 Å². The zero-order valence-electron chi connectivity index (χ0n) is 7.30. The second-order valence-electron chi connectivity index (χ2n) is 2.80. The smallest absolute Gasteiger partial charge is 0.236 e. The summed E-state index contributed by atoms with van der Waals surface area (Å²) in [4.78, 5) is 10.5. The molecule has 3 N–H and O–H groups in total. The van der Waals surface area contributed by atoms with E-state index in [0.717, 1.165) is 15.7 Å². The first-order chi connectivity index (χ1) is 6.09. The van der Waals surface area contributed by atoms with E-state index in [2.05, 4.69) is 21.2 Å². The minimum absolute atomic E-state index is 0.154. The molecule has 0 aliphatic rings. The van der Waals surface area contributed by atoms with Crippen molar-refractivity contribution in [1.82, 2.24) is 0 Å². The van der Waals surface area contributed by atoms with Gasteiger partial charge in [0.15, 0.2) is 0 Å². The summed E-state index contributed by atoms with van der Waals surface area (Å²) in [5, 5.41) is 2.92. The molecule has 13 heavy (non-hydrogen) atoms. The van der Waals surface area contributed by atoms with Crippen molar-refractivity contribution in [3.63, 3.8) is 0 Å². The van der Waals surface area contributed by atoms with Gasteiger partial charge >= 0.3 is 0 Å². The molecule has 0 unspecified atom stereocenters. The van der Waals surface area contributed by atoms with E-state index in [9.17, 15) is 4.79 Å². The van der Waals surface area contributed by atoms with Crippen molar-refractivity contribution in [2.24, 2.45) is 5.73 Å². The highest BCUT2D eigenvalue weighted by molar-refractivity contribution is 9.10. The maximum Gasteiger partial charge on any atom is 0.236 e. The highest BCUT2D eigenvalue weighted by Crippen LogP contribution is 2.22. The van der Waals surface area contributed by atoms with Crippen molar-refractivity contribution in [1.29, 1.82) is 0 Å². The van der Waals surface area contributed by atoms with Gasteiger partial charge in [0.2, 0.25) is 5.91 Å². The predicted molar refractivity (Wildman–Crippen MR) is 56.6 cm³/mol. The Bertz CT molecular complexity index is 325. The Labute approximate surface area is 85.4 Å². The van der Waals surface area contributed by atoms with Gasteiger partial charge < -0.3 is 11.1 Å². The average molecular weight is 243 g/mol. The summed E-state index contributed by atoms with van der Waals surface area (Å²) in [5.74, 6) is -0.368. The Balaban J connectivity index is 2.72. The van der Waals surface area contributed by atoms with Crippen molar-refractivity contribution < 1.29 is 4.79 Å². The highest BCUT2D eigenvalue weighted by Gasteiger charge is 2.00. The average Bonchev–Trinajstić information content (AvgIpc) is 2.02. The van der Waals surface area contributed by atoms with E-state index >= 15 is 0 Å². The molecule has 0 saturated heterocycles. The topological polar surface area (TPSA) is 55.1 Å².